The number of hydrogen-bond acceptors (Lipinski definition) is 15. The molecule has 0 saturated heterocycles. The lowest BCUT2D eigenvalue weighted by molar-refractivity contribution is -0.161. The number of unbranched alkanes of at least 4 members (excludes halogenated alkanes) is 44. The van der Waals surface area contributed by atoms with Crippen LogP contribution in [0, 0.1) is 11.8 Å². The molecule has 0 bridgehead atoms. The minimum atomic E-state index is -4.96. The fourth-order valence-electron chi connectivity index (χ4n) is 11.5. The van der Waals surface area contributed by atoms with Crippen molar-refractivity contribution in [2.24, 2.45) is 11.8 Å². The van der Waals surface area contributed by atoms with E-state index in [1.54, 1.807) is 0 Å². The Morgan fingerprint density at radius 1 is 0.287 bits per heavy atom. The predicted molar refractivity (Wildman–Crippen MR) is 381 cm³/mol. The largest absolute Gasteiger partial charge is 0.472 e. The summed E-state index contributed by atoms with van der Waals surface area (Å²) in [6, 6.07) is 0. The van der Waals surface area contributed by atoms with Gasteiger partial charge in [0.1, 0.15) is 19.3 Å². The topological polar surface area (TPSA) is 237 Å². The van der Waals surface area contributed by atoms with Crippen molar-refractivity contribution in [3.63, 3.8) is 0 Å². The molecule has 0 aliphatic rings. The van der Waals surface area contributed by atoms with E-state index in [0.717, 1.165) is 102 Å². The fraction of sp³-hybridized carbons (Fsp3) is 0.947. The van der Waals surface area contributed by atoms with Gasteiger partial charge < -0.3 is 33.8 Å². The van der Waals surface area contributed by atoms with Gasteiger partial charge in [-0.25, -0.2) is 9.13 Å². The Kier molecular flexibility index (Phi) is 65.5. The molecule has 5 atom stereocenters. The number of ether oxygens (including phenoxy) is 4. The molecule has 0 aliphatic heterocycles. The first kappa shape index (κ1) is 92.1. The molecule has 0 aliphatic carbocycles. The summed E-state index contributed by atoms with van der Waals surface area (Å²) >= 11 is 0. The lowest BCUT2D eigenvalue weighted by atomic mass is 10.0. The van der Waals surface area contributed by atoms with Gasteiger partial charge in [-0.05, 0) is 37.5 Å². The van der Waals surface area contributed by atoms with Gasteiger partial charge in [0.15, 0.2) is 12.2 Å². The van der Waals surface area contributed by atoms with Crippen LogP contribution < -0.4 is 0 Å². The van der Waals surface area contributed by atoms with Crippen molar-refractivity contribution < 1.29 is 80.2 Å². The van der Waals surface area contributed by atoms with Crippen LogP contribution in [0.5, 0.6) is 0 Å². The van der Waals surface area contributed by atoms with E-state index in [9.17, 15) is 43.2 Å². The molecule has 558 valence electrons. The number of carbonyl (C=O) groups is 4. The Balaban J connectivity index is 5.22. The van der Waals surface area contributed by atoms with E-state index in [-0.39, 0.29) is 25.7 Å². The van der Waals surface area contributed by atoms with E-state index in [4.69, 9.17) is 37.0 Å². The minimum absolute atomic E-state index is 0.106. The summed E-state index contributed by atoms with van der Waals surface area (Å²) in [6.45, 7) is 9.53. The van der Waals surface area contributed by atoms with E-state index in [0.29, 0.717) is 31.6 Å². The van der Waals surface area contributed by atoms with Crippen LogP contribution in [0.2, 0.25) is 0 Å². The van der Waals surface area contributed by atoms with Crippen LogP contribution in [-0.2, 0) is 65.4 Å². The third-order valence-corrected chi connectivity index (χ3v) is 19.4. The zero-order valence-electron chi connectivity index (χ0n) is 61.3. The second-order valence-corrected chi connectivity index (χ2v) is 30.9. The number of phosphoric ester groups is 2. The average molecular weight is 1380 g/mol. The van der Waals surface area contributed by atoms with E-state index >= 15 is 0 Å². The Morgan fingerprint density at radius 3 is 0.723 bits per heavy atom. The molecular weight excluding hydrogens is 1230 g/mol. The van der Waals surface area contributed by atoms with Crippen LogP contribution in [0.1, 0.15) is 388 Å². The smallest absolute Gasteiger partial charge is 0.462 e. The molecule has 2 unspecified atom stereocenters. The summed E-state index contributed by atoms with van der Waals surface area (Å²) in [4.78, 5) is 72.7. The molecule has 0 aromatic rings. The third-order valence-electron chi connectivity index (χ3n) is 17.5. The van der Waals surface area contributed by atoms with Gasteiger partial charge in [0.2, 0.25) is 0 Å². The van der Waals surface area contributed by atoms with Crippen molar-refractivity contribution >= 4 is 39.5 Å². The minimum Gasteiger partial charge on any atom is -0.462 e. The Hall–Kier alpha value is -1.94. The molecule has 0 aromatic heterocycles. The number of carbonyl (C=O) groups excluding carboxylic acids is 4. The number of esters is 4. The molecule has 0 amide bonds. The number of aliphatic hydroxyl groups is 1. The van der Waals surface area contributed by atoms with Gasteiger partial charge >= 0.3 is 39.5 Å². The molecule has 0 spiro atoms. The van der Waals surface area contributed by atoms with Gasteiger partial charge in [0.05, 0.1) is 26.4 Å². The van der Waals surface area contributed by atoms with Crippen LogP contribution in [0.15, 0.2) is 0 Å². The maximum atomic E-state index is 13.1. The number of phosphoric acid groups is 2. The molecule has 0 fully saturated rings. The van der Waals surface area contributed by atoms with E-state index in [1.165, 1.54) is 199 Å². The van der Waals surface area contributed by atoms with Crippen LogP contribution in [0.25, 0.3) is 0 Å². The lowest BCUT2D eigenvalue weighted by Gasteiger charge is -2.21. The fourth-order valence-corrected chi connectivity index (χ4v) is 13.1. The second-order valence-electron chi connectivity index (χ2n) is 28.0. The maximum Gasteiger partial charge on any atom is 0.472 e. The normalized spacial score (nSPS) is 14.0. The van der Waals surface area contributed by atoms with Crippen molar-refractivity contribution in [2.75, 3.05) is 39.6 Å². The highest BCUT2D eigenvalue weighted by Crippen LogP contribution is 2.45. The summed E-state index contributed by atoms with van der Waals surface area (Å²) in [5.74, 6) is -0.635. The molecule has 0 aromatic carbocycles. The Bertz CT molecular complexity index is 1820. The lowest BCUT2D eigenvalue weighted by Crippen LogP contribution is -2.30. The average Bonchev–Trinajstić information content (AvgIpc) is 1.16. The van der Waals surface area contributed by atoms with Gasteiger partial charge in [-0.2, -0.15) is 0 Å². The molecule has 0 radical (unpaired) electrons. The summed E-state index contributed by atoms with van der Waals surface area (Å²) in [6.07, 6.45) is 54.2. The molecular formula is C75H146O17P2. The van der Waals surface area contributed by atoms with Gasteiger partial charge in [-0.1, -0.05) is 337 Å². The zero-order chi connectivity index (χ0) is 69.3. The van der Waals surface area contributed by atoms with Crippen molar-refractivity contribution in [1.29, 1.82) is 0 Å². The monoisotopic (exact) mass is 1380 g/mol. The van der Waals surface area contributed by atoms with Gasteiger partial charge in [-0.15, -0.1) is 0 Å². The summed E-state index contributed by atoms with van der Waals surface area (Å²) in [5, 5.41) is 10.6. The summed E-state index contributed by atoms with van der Waals surface area (Å²) in [7, 11) is -9.91. The molecule has 0 heterocycles. The predicted octanol–water partition coefficient (Wildman–Crippen LogP) is 21.9. The first-order valence-corrected chi connectivity index (χ1v) is 42.0. The number of aliphatic hydroxyl groups excluding tert-OH is 1. The summed E-state index contributed by atoms with van der Waals surface area (Å²) < 4.78 is 68.4. The summed E-state index contributed by atoms with van der Waals surface area (Å²) in [5.41, 5.74) is 0. The first-order chi connectivity index (χ1) is 45.4. The Morgan fingerprint density at radius 2 is 0.489 bits per heavy atom. The quantitative estimate of drug-likeness (QED) is 0.0222. The van der Waals surface area contributed by atoms with Crippen LogP contribution in [0.4, 0.5) is 0 Å². The van der Waals surface area contributed by atoms with Crippen molar-refractivity contribution in [1.82, 2.24) is 0 Å². The van der Waals surface area contributed by atoms with Gasteiger partial charge in [-0.3, -0.25) is 37.3 Å². The van der Waals surface area contributed by atoms with Crippen LogP contribution in [0.3, 0.4) is 0 Å². The zero-order valence-corrected chi connectivity index (χ0v) is 63.1. The molecule has 94 heavy (non-hydrogen) atoms. The number of rotatable bonds is 74. The van der Waals surface area contributed by atoms with Crippen LogP contribution in [-0.4, -0.2) is 96.7 Å². The first-order valence-electron chi connectivity index (χ1n) is 39.0. The van der Waals surface area contributed by atoms with E-state index in [1.807, 2.05) is 0 Å². The molecule has 19 heteroatoms. The van der Waals surface area contributed by atoms with Crippen molar-refractivity contribution in [2.45, 2.75) is 407 Å². The highest BCUT2D eigenvalue weighted by Gasteiger charge is 2.30. The molecule has 3 N–H and O–H groups in total. The molecule has 17 nitrogen and oxygen atoms in total. The SMILES string of the molecule is CCCCCCCCCCCCCCCCCCC(=O)OC[C@H](COP(=O)(O)OC[C@@H](O)COP(=O)(O)OC[C@@H](COC(=O)CCCCCCCCC(C)C)OC(=O)CCCCCCCCCCCCC)OC(=O)CCCCCCCCCCCCCCCCCC(C)C. The van der Waals surface area contributed by atoms with E-state index < -0.39 is 97.5 Å². The van der Waals surface area contributed by atoms with Gasteiger partial charge in [0.25, 0.3) is 0 Å². The number of hydrogen-bond donors (Lipinski definition) is 3. The van der Waals surface area contributed by atoms with Crippen molar-refractivity contribution in [3.05, 3.63) is 0 Å². The van der Waals surface area contributed by atoms with Crippen molar-refractivity contribution in [3.8, 4) is 0 Å². The van der Waals surface area contributed by atoms with E-state index in [2.05, 4.69) is 41.5 Å². The third kappa shape index (κ3) is 68.6. The standard InChI is InChI=1S/C75H146O17P2/c1-7-9-11-13-15-17-19-20-21-24-27-31-34-38-45-51-57-72(77)85-63-70(91-75(80)60-54-48-40-36-32-28-25-22-23-26-30-33-37-43-49-55-67(3)4)65-89-93(81,82)87-61-69(76)62-88-94(83,84)90-66-71(64-86-73(78)58-52-46-42-41-44-50-56-68(5)6)92-74(79)59-53-47-39-35-29-18-16-14-12-10-8-2/h67-71,76H,7-66H2,1-6H3,(H,81,82)(H,83,84)/t69-,70-,71-/m1/s1. The Labute approximate surface area is 575 Å². The highest BCUT2D eigenvalue weighted by atomic mass is 31.2. The molecule has 0 rings (SSSR count). The highest BCUT2D eigenvalue weighted by molar-refractivity contribution is 7.47. The second kappa shape index (κ2) is 66.9. The van der Waals surface area contributed by atoms with Gasteiger partial charge in [0, 0.05) is 25.7 Å². The van der Waals surface area contributed by atoms with Crippen LogP contribution >= 0.6 is 15.6 Å². The molecule has 0 saturated carbocycles. The maximum absolute atomic E-state index is 13.1.